The van der Waals surface area contributed by atoms with Gasteiger partial charge in [0.25, 0.3) is 0 Å². The molecule has 0 aliphatic rings. The molecule has 0 saturated carbocycles. The van der Waals surface area contributed by atoms with Crippen LogP contribution in [0.15, 0.2) is 0 Å². The Bertz CT molecular complexity index is 104. The molecule has 0 aromatic carbocycles. The largest absolute Gasteiger partial charge is 0.385 e. The van der Waals surface area contributed by atoms with Crippen molar-refractivity contribution in [3.05, 3.63) is 0 Å². The summed E-state index contributed by atoms with van der Waals surface area (Å²) in [5, 5.41) is 3.52. The Kier molecular flexibility index (Phi) is 8.46. The first-order chi connectivity index (χ1) is 6.22. The fraction of sp³-hybridized carbons (Fsp3) is 1.00. The van der Waals surface area contributed by atoms with Gasteiger partial charge in [-0.15, -0.1) is 0 Å². The van der Waals surface area contributed by atoms with Crippen LogP contribution in [0.2, 0.25) is 0 Å². The highest BCUT2D eigenvalue weighted by Gasteiger charge is 2.10. The van der Waals surface area contributed by atoms with E-state index in [1.165, 1.54) is 19.3 Å². The zero-order valence-electron chi connectivity index (χ0n) is 9.60. The van der Waals surface area contributed by atoms with Gasteiger partial charge >= 0.3 is 0 Å². The Hall–Kier alpha value is -0.0800. The van der Waals surface area contributed by atoms with Crippen molar-refractivity contribution in [3.63, 3.8) is 0 Å². The lowest BCUT2D eigenvalue weighted by molar-refractivity contribution is 0.189. The molecule has 1 atom stereocenters. The molecule has 0 aliphatic carbocycles. The molecule has 0 spiro atoms. The van der Waals surface area contributed by atoms with Gasteiger partial charge in [-0.05, 0) is 31.7 Å². The summed E-state index contributed by atoms with van der Waals surface area (Å²) in [6.07, 6.45) is 3.73. The number of hydrogen-bond donors (Lipinski definition) is 1. The second-order valence-electron chi connectivity index (χ2n) is 3.90. The second kappa shape index (κ2) is 8.52. The smallest absolute Gasteiger partial charge is 0.0462 e. The molecular formula is C11H25NO. The zero-order chi connectivity index (χ0) is 10.1. The minimum atomic E-state index is 0.682. The van der Waals surface area contributed by atoms with Gasteiger partial charge in [-0.1, -0.05) is 20.8 Å². The number of rotatable bonds is 8. The molecule has 0 saturated heterocycles. The fourth-order valence-corrected chi connectivity index (χ4v) is 1.54. The Morgan fingerprint density at radius 1 is 1.23 bits per heavy atom. The lowest BCUT2D eigenvalue weighted by Gasteiger charge is -2.21. The molecule has 0 aliphatic heterocycles. The summed E-state index contributed by atoms with van der Waals surface area (Å²) in [6, 6.07) is 0.682. The van der Waals surface area contributed by atoms with Gasteiger partial charge in [-0.3, -0.25) is 0 Å². The Labute approximate surface area is 83.1 Å². The van der Waals surface area contributed by atoms with Crippen LogP contribution in [0.25, 0.3) is 0 Å². The number of unbranched alkanes of at least 4 members (excludes halogenated alkanes) is 1. The first-order valence-corrected chi connectivity index (χ1v) is 5.44. The maximum Gasteiger partial charge on any atom is 0.0462 e. The molecule has 1 unspecified atom stereocenters. The van der Waals surface area contributed by atoms with Crippen molar-refractivity contribution in [1.82, 2.24) is 5.32 Å². The van der Waals surface area contributed by atoms with Crippen molar-refractivity contribution >= 4 is 0 Å². The third-order valence-corrected chi connectivity index (χ3v) is 2.38. The third-order valence-electron chi connectivity index (χ3n) is 2.38. The summed E-state index contributed by atoms with van der Waals surface area (Å²) in [5.41, 5.74) is 0. The van der Waals surface area contributed by atoms with Crippen LogP contribution in [0.1, 0.15) is 40.0 Å². The van der Waals surface area contributed by atoms with E-state index in [2.05, 4.69) is 26.1 Å². The molecule has 0 fully saturated rings. The van der Waals surface area contributed by atoms with Gasteiger partial charge in [0.1, 0.15) is 0 Å². The van der Waals surface area contributed by atoms with Crippen molar-refractivity contribution in [3.8, 4) is 0 Å². The van der Waals surface area contributed by atoms with E-state index >= 15 is 0 Å². The maximum absolute atomic E-state index is 5.02. The van der Waals surface area contributed by atoms with Crippen molar-refractivity contribution in [2.45, 2.75) is 46.1 Å². The first kappa shape index (κ1) is 12.9. The molecule has 2 heteroatoms. The average molecular weight is 187 g/mol. The lowest BCUT2D eigenvalue weighted by Crippen LogP contribution is -2.33. The van der Waals surface area contributed by atoms with Crippen LogP contribution in [-0.4, -0.2) is 26.3 Å². The van der Waals surface area contributed by atoms with Gasteiger partial charge < -0.3 is 10.1 Å². The van der Waals surface area contributed by atoms with E-state index in [1.807, 2.05) is 0 Å². The van der Waals surface area contributed by atoms with E-state index in [9.17, 15) is 0 Å². The summed E-state index contributed by atoms with van der Waals surface area (Å²) >= 11 is 0. The summed E-state index contributed by atoms with van der Waals surface area (Å²) in [6.45, 7) is 8.71. The van der Waals surface area contributed by atoms with E-state index in [1.54, 1.807) is 7.11 Å². The quantitative estimate of drug-likeness (QED) is 0.589. The van der Waals surface area contributed by atoms with Crippen molar-refractivity contribution < 1.29 is 4.74 Å². The van der Waals surface area contributed by atoms with Gasteiger partial charge in [0.15, 0.2) is 0 Å². The molecule has 0 bridgehead atoms. The minimum absolute atomic E-state index is 0.682. The highest BCUT2D eigenvalue weighted by molar-refractivity contribution is 4.69. The van der Waals surface area contributed by atoms with Gasteiger partial charge in [0.2, 0.25) is 0 Å². The summed E-state index contributed by atoms with van der Waals surface area (Å²) in [7, 11) is 1.77. The van der Waals surface area contributed by atoms with Crippen LogP contribution in [0.3, 0.4) is 0 Å². The SMILES string of the molecule is CCNC(CCCCOC)C(C)C. The molecular weight excluding hydrogens is 162 g/mol. The summed E-state index contributed by atoms with van der Waals surface area (Å²) in [5.74, 6) is 0.738. The Balaban J connectivity index is 3.45. The van der Waals surface area contributed by atoms with E-state index < -0.39 is 0 Å². The number of ether oxygens (including phenoxy) is 1. The monoisotopic (exact) mass is 187 g/mol. The topological polar surface area (TPSA) is 21.3 Å². The molecule has 2 nitrogen and oxygen atoms in total. The van der Waals surface area contributed by atoms with Gasteiger partial charge in [-0.2, -0.15) is 0 Å². The summed E-state index contributed by atoms with van der Waals surface area (Å²) in [4.78, 5) is 0. The van der Waals surface area contributed by atoms with Gasteiger partial charge in [0, 0.05) is 19.8 Å². The third kappa shape index (κ3) is 7.03. The maximum atomic E-state index is 5.02. The molecule has 13 heavy (non-hydrogen) atoms. The molecule has 0 radical (unpaired) electrons. The molecule has 80 valence electrons. The predicted molar refractivity (Wildman–Crippen MR) is 58.0 cm³/mol. The van der Waals surface area contributed by atoms with E-state index in [4.69, 9.17) is 4.74 Å². The Morgan fingerprint density at radius 3 is 2.38 bits per heavy atom. The zero-order valence-corrected chi connectivity index (χ0v) is 9.60. The first-order valence-electron chi connectivity index (χ1n) is 5.44. The van der Waals surface area contributed by atoms with Gasteiger partial charge in [0.05, 0.1) is 0 Å². The van der Waals surface area contributed by atoms with Crippen LogP contribution >= 0.6 is 0 Å². The van der Waals surface area contributed by atoms with E-state index in [0.717, 1.165) is 19.1 Å². The van der Waals surface area contributed by atoms with E-state index in [0.29, 0.717) is 6.04 Å². The molecule has 0 aromatic heterocycles. The highest BCUT2D eigenvalue weighted by Crippen LogP contribution is 2.09. The number of nitrogens with one attached hydrogen (secondary N) is 1. The van der Waals surface area contributed by atoms with Crippen LogP contribution in [0.4, 0.5) is 0 Å². The highest BCUT2D eigenvalue weighted by atomic mass is 16.5. The van der Waals surface area contributed by atoms with Crippen molar-refractivity contribution in [1.29, 1.82) is 0 Å². The average Bonchev–Trinajstić information content (AvgIpc) is 2.10. The fourth-order valence-electron chi connectivity index (χ4n) is 1.54. The predicted octanol–water partition coefficient (Wildman–Crippen LogP) is 2.44. The molecule has 0 heterocycles. The molecule has 0 amide bonds. The normalized spacial score (nSPS) is 13.6. The van der Waals surface area contributed by atoms with Crippen LogP contribution in [0, 0.1) is 5.92 Å². The number of hydrogen-bond acceptors (Lipinski definition) is 2. The molecule has 0 rings (SSSR count). The minimum Gasteiger partial charge on any atom is -0.385 e. The van der Waals surface area contributed by atoms with Crippen molar-refractivity contribution in [2.75, 3.05) is 20.3 Å². The standard InChI is InChI=1S/C11H25NO/c1-5-12-11(10(2)3)8-6-7-9-13-4/h10-12H,5-9H2,1-4H3. The van der Waals surface area contributed by atoms with Crippen molar-refractivity contribution in [2.24, 2.45) is 5.92 Å². The van der Waals surface area contributed by atoms with Crippen LogP contribution in [0.5, 0.6) is 0 Å². The lowest BCUT2D eigenvalue weighted by atomic mass is 9.98. The molecule has 0 aromatic rings. The number of methoxy groups -OCH3 is 1. The van der Waals surface area contributed by atoms with Crippen LogP contribution in [-0.2, 0) is 4.74 Å². The van der Waals surface area contributed by atoms with Crippen LogP contribution < -0.4 is 5.32 Å². The van der Waals surface area contributed by atoms with Gasteiger partial charge in [-0.25, -0.2) is 0 Å². The van der Waals surface area contributed by atoms with E-state index in [-0.39, 0.29) is 0 Å². The second-order valence-corrected chi connectivity index (χ2v) is 3.90. The summed E-state index contributed by atoms with van der Waals surface area (Å²) < 4.78 is 5.02. The Morgan fingerprint density at radius 2 is 1.92 bits per heavy atom. The molecule has 1 N–H and O–H groups in total.